The Balaban J connectivity index is 1.86. The first kappa shape index (κ1) is 12.1. The Labute approximate surface area is 104 Å². The van der Waals surface area contributed by atoms with Crippen molar-refractivity contribution in [2.75, 3.05) is 0 Å². The van der Waals surface area contributed by atoms with Gasteiger partial charge in [-0.3, -0.25) is 0 Å². The first-order valence-corrected chi connectivity index (χ1v) is 6.47. The number of nitrogens with zero attached hydrogens (tertiary/aromatic N) is 1. The van der Waals surface area contributed by atoms with Crippen LogP contribution in [-0.4, -0.2) is 6.04 Å². The Bertz CT molecular complexity index is 431. The van der Waals surface area contributed by atoms with Gasteiger partial charge >= 0.3 is 0 Å². The van der Waals surface area contributed by atoms with E-state index in [1.54, 1.807) is 0 Å². The fraction of sp³-hybridized carbons (Fsp3) is 0.533. The molecule has 0 amide bonds. The molecule has 2 heteroatoms. The van der Waals surface area contributed by atoms with Crippen molar-refractivity contribution in [1.82, 2.24) is 5.32 Å². The van der Waals surface area contributed by atoms with Gasteiger partial charge in [0.1, 0.15) is 0 Å². The molecular formula is C15H20N2. The van der Waals surface area contributed by atoms with Gasteiger partial charge in [0.2, 0.25) is 0 Å². The average molecular weight is 228 g/mol. The third-order valence-electron chi connectivity index (χ3n) is 3.61. The van der Waals surface area contributed by atoms with Crippen LogP contribution in [0.25, 0.3) is 0 Å². The SMILES string of the molecule is CCCC1CC1NCc1ccc(C#N)cc1C. The standard InChI is InChI=1S/C15H20N2/c1-3-4-13-8-15(13)17-10-14-6-5-12(9-16)7-11(14)2/h5-7,13,15,17H,3-4,8,10H2,1-2H3. The lowest BCUT2D eigenvalue weighted by Gasteiger charge is -2.07. The van der Waals surface area contributed by atoms with Crippen LogP contribution >= 0.6 is 0 Å². The van der Waals surface area contributed by atoms with E-state index >= 15 is 0 Å². The van der Waals surface area contributed by atoms with Crippen molar-refractivity contribution in [2.45, 2.75) is 45.7 Å². The Kier molecular flexibility index (Phi) is 3.81. The molecule has 0 heterocycles. The van der Waals surface area contributed by atoms with Crippen LogP contribution in [-0.2, 0) is 6.54 Å². The smallest absolute Gasteiger partial charge is 0.0991 e. The van der Waals surface area contributed by atoms with E-state index in [2.05, 4.69) is 31.3 Å². The third-order valence-corrected chi connectivity index (χ3v) is 3.61. The summed E-state index contributed by atoms with van der Waals surface area (Å²) in [6, 6.07) is 8.84. The molecule has 0 spiro atoms. The summed E-state index contributed by atoms with van der Waals surface area (Å²) in [6.07, 6.45) is 3.98. The first-order chi connectivity index (χ1) is 8.24. The summed E-state index contributed by atoms with van der Waals surface area (Å²) in [5.74, 6) is 0.902. The topological polar surface area (TPSA) is 35.8 Å². The summed E-state index contributed by atoms with van der Waals surface area (Å²) in [7, 11) is 0. The van der Waals surface area contributed by atoms with Gasteiger partial charge in [-0.1, -0.05) is 19.4 Å². The van der Waals surface area contributed by atoms with E-state index in [9.17, 15) is 0 Å². The van der Waals surface area contributed by atoms with E-state index in [0.29, 0.717) is 0 Å². The second-order valence-corrected chi connectivity index (χ2v) is 5.02. The zero-order valence-corrected chi connectivity index (χ0v) is 10.7. The fourth-order valence-electron chi connectivity index (χ4n) is 2.39. The predicted molar refractivity (Wildman–Crippen MR) is 69.5 cm³/mol. The summed E-state index contributed by atoms with van der Waals surface area (Å²) in [4.78, 5) is 0. The number of rotatable bonds is 5. The fourth-order valence-corrected chi connectivity index (χ4v) is 2.39. The molecule has 1 N–H and O–H groups in total. The van der Waals surface area contributed by atoms with Crippen molar-refractivity contribution in [3.8, 4) is 6.07 Å². The zero-order chi connectivity index (χ0) is 12.3. The van der Waals surface area contributed by atoms with Gasteiger partial charge in [0.05, 0.1) is 11.6 Å². The molecule has 1 saturated carbocycles. The highest BCUT2D eigenvalue weighted by Gasteiger charge is 2.35. The zero-order valence-electron chi connectivity index (χ0n) is 10.7. The monoisotopic (exact) mass is 228 g/mol. The Morgan fingerprint density at radius 3 is 2.94 bits per heavy atom. The molecule has 2 atom stereocenters. The molecule has 1 aliphatic carbocycles. The van der Waals surface area contributed by atoms with E-state index in [4.69, 9.17) is 5.26 Å². The van der Waals surface area contributed by atoms with Crippen LogP contribution in [0.5, 0.6) is 0 Å². The molecule has 0 saturated heterocycles. The summed E-state index contributed by atoms with van der Waals surface area (Å²) in [5.41, 5.74) is 3.27. The number of nitriles is 1. The van der Waals surface area contributed by atoms with E-state index in [0.717, 1.165) is 24.1 Å². The van der Waals surface area contributed by atoms with Gasteiger partial charge in [-0.25, -0.2) is 0 Å². The highest BCUT2D eigenvalue weighted by molar-refractivity contribution is 5.37. The van der Waals surface area contributed by atoms with E-state index < -0.39 is 0 Å². The van der Waals surface area contributed by atoms with Gasteiger partial charge < -0.3 is 5.32 Å². The summed E-state index contributed by atoms with van der Waals surface area (Å²) >= 11 is 0. The van der Waals surface area contributed by atoms with Gasteiger partial charge in [0, 0.05) is 12.6 Å². The maximum absolute atomic E-state index is 8.81. The van der Waals surface area contributed by atoms with Crippen molar-refractivity contribution < 1.29 is 0 Å². The molecule has 1 fully saturated rings. The maximum Gasteiger partial charge on any atom is 0.0991 e. The van der Waals surface area contributed by atoms with Crippen LogP contribution in [0, 0.1) is 24.2 Å². The molecular weight excluding hydrogens is 208 g/mol. The van der Waals surface area contributed by atoms with Crippen LogP contribution in [0.3, 0.4) is 0 Å². The molecule has 2 nitrogen and oxygen atoms in total. The number of hydrogen-bond donors (Lipinski definition) is 1. The minimum atomic E-state index is 0.727. The molecule has 0 aromatic heterocycles. The first-order valence-electron chi connectivity index (χ1n) is 6.47. The quantitative estimate of drug-likeness (QED) is 0.840. The lowest BCUT2D eigenvalue weighted by molar-refractivity contribution is 0.598. The van der Waals surface area contributed by atoms with Crippen LogP contribution < -0.4 is 5.32 Å². The van der Waals surface area contributed by atoms with E-state index in [1.165, 1.54) is 30.4 Å². The van der Waals surface area contributed by atoms with Gasteiger partial charge in [-0.05, 0) is 48.9 Å². The molecule has 0 bridgehead atoms. The summed E-state index contributed by atoms with van der Waals surface area (Å²) in [6.45, 7) is 5.26. The molecule has 1 aromatic carbocycles. The van der Waals surface area contributed by atoms with Gasteiger partial charge in [0.15, 0.2) is 0 Å². The summed E-state index contributed by atoms with van der Waals surface area (Å²) in [5, 5.41) is 12.4. The van der Waals surface area contributed by atoms with Gasteiger partial charge in [0.25, 0.3) is 0 Å². The van der Waals surface area contributed by atoms with Crippen molar-refractivity contribution in [2.24, 2.45) is 5.92 Å². The number of hydrogen-bond acceptors (Lipinski definition) is 2. The van der Waals surface area contributed by atoms with Crippen LogP contribution in [0.4, 0.5) is 0 Å². The Morgan fingerprint density at radius 1 is 1.47 bits per heavy atom. The van der Waals surface area contributed by atoms with Crippen LogP contribution in [0.2, 0.25) is 0 Å². The molecule has 0 radical (unpaired) electrons. The van der Waals surface area contributed by atoms with E-state index in [1.807, 2.05) is 12.1 Å². The van der Waals surface area contributed by atoms with E-state index in [-0.39, 0.29) is 0 Å². The highest BCUT2D eigenvalue weighted by Crippen LogP contribution is 2.34. The second-order valence-electron chi connectivity index (χ2n) is 5.02. The molecule has 1 aliphatic rings. The maximum atomic E-state index is 8.81. The van der Waals surface area contributed by atoms with Gasteiger partial charge in [-0.2, -0.15) is 5.26 Å². The van der Waals surface area contributed by atoms with Crippen molar-refractivity contribution in [3.63, 3.8) is 0 Å². The lowest BCUT2D eigenvalue weighted by atomic mass is 10.1. The molecule has 1 aromatic rings. The highest BCUT2D eigenvalue weighted by atomic mass is 15.0. The van der Waals surface area contributed by atoms with Crippen LogP contribution in [0.1, 0.15) is 42.9 Å². The number of aryl methyl sites for hydroxylation is 1. The minimum Gasteiger partial charge on any atom is -0.310 e. The lowest BCUT2D eigenvalue weighted by Crippen LogP contribution is -2.18. The largest absolute Gasteiger partial charge is 0.310 e. The Hall–Kier alpha value is -1.33. The number of nitrogens with one attached hydrogen (secondary N) is 1. The third kappa shape index (κ3) is 3.08. The average Bonchev–Trinajstić information content (AvgIpc) is 3.06. The predicted octanol–water partition coefficient (Wildman–Crippen LogP) is 3.14. The van der Waals surface area contributed by atoms with Crippen molar-refractivity contribution in [1.29, 1.82) is 5.26 Å². The van der Waals surface area contributed by atoms with Gasteiger partial charge in [-0.15, -0.1) is 0 Å². The normalized spacial score (nSPS) is 22.2. The molecule has 90 valence electrons. The van der Waals surface area contributed by atoms with Crippen LogP contribution in [0.15, 0.2) is 18.2 Å². The van der Waals surface area contributed by atoms with Crippen molar-refractivity contribution >= 4 is 0 Å². The molecule has 0 aliphatic heterocycles. The molecule has 2 unspecified atom stereocenters. The Morgan fingerprint density at radius 2 is 2.29 bits per heavy atom. The minimum absolute atomic E-state index is 0.727. The molecule has 17 heavy (non-hydrogen) atoms. The number of benzene rings is 1. The van der Waals surface area contributed by atoms with Crippen molar-refractivity contribution in [3.05, 3.63) is 34.9 Å². The molecule has 2 rings (SSSR count). The second kappa shape index (κ2) is 5.33. The summed E-state index contributed by atoms with van der Waals surface area (Å²) < 4.78 is 0.